The average Bonchev–Trinajstić information content (AvgIpc) is 2.69. The lowest BCUT2D eigenvalue weighted by molar-refractivity contribution is -0.110. The molecule has 2 unspecified atom stereocenters. The van der Waals surface area contributed by atoms with Crippen molar-refractivity contribution < 1.29 is 14.9 Å². The van der Waals surface area contributed by atoms with E-state index in [1.54, 1.807) is 26.3 Å². The Hall–Kier alpha value is -1.73. The van der Waals surface area contributed by atoms with Crippen molar-refractivity contribution in [1.29, 1.82) is 0 Å². The maximum absolute atomic E-state index is 9.94. The summed E-state index contributed by atoms with van der Waals surface area (Å²) in [5.74, 6) is 0. The van der Waals surface area contributed by atoms with Gasteiger partial charge in [0.15, 0.2) is 0 Å². The first-order valence-corrected chi connectivity index (χ1v) is 10.9. The van der Waals surface area contributed by atoms with Crippen LogP contribution in [0.4, 0.5) is 0 Å². The number of piperidine rings is 1. The number of aryl methyl sites for hydroxylation is 1. The fourth-order valence-electron chi connectivity index (χ4n) is 4.49. The zero-order valence-electron chi connectivity index (χ0n) is 18.8. The molecule has 3 rings (SSSR count). The smallest absolute Gasteiger partial charge is 0.102 e. The van der Waals surface area contributed by atoms with Crippen LogP contribution in [-0.2, 0) is 16.8 Å². The normalized spacial score (nSPS) is 26.9. The van der Waals surface area contributed by atoms with E-state index in [4.69, 9.17) is 10.5 Å². The highest BCUT2D eigenvalue weighted by Gasteiger charge is 2.43. The van der Waals surface area contributed by atoms with Crippen molar-refractivity contribution in [3.63, 3.8) is 0 Å². The summed E-state index contributed by atoms with van der Waals surface area (Å²) in [4.78, 5) is 6.70. The van der Waals surface area contributed by atoms with Gasteiger partial charge in [0, 0.05) is 25.3 Å². The molecule has 0 radical (unpaired) electrons. The van der Waals surface area contributed by atoms with Crippen molar-refractivity contribution in [2.75, 3.05) is 26.2 Å². The van der Waals surface area contributed by atoms with Crippen molar-refractivity contribution >= 4 is 6.21 Å². The van der Waals surface area contributed by atoms with Crippen molar-refractivity contribution in [2.24, 2.45) is 10.7 Å². The SMILES string of the molecule is Cc1ccc2c(c1)C1(CCN(C/C(C=NCC(O)C(C)(C)O)=C/N)[C@@H](C)C1)OCC2. The molecule has 2 aliphatic rings. The van der Waals surface area contributed by atoms with Gasteiger partial charge in [-0.05, 0) is 69.9 Å². The van der Waals surface area contributed by atoms with Gasteiger partial charge in [-0.25, -0.2) is 0 Å². The van der Waals surface area contributed by atoms with Gasteiger partial charge in [-0.15, -0.1) is 0 Å². The third-order valence-electron chi connectivity index (χ3n) is 6.51. The van der Waals surface area contributed by atoms with Crippen LogP contribution < -0.4 is 5.73 Å². The lowest BCUT2D eigenvalue weighted by Gasteiger charge is -2.48. The van der Waals surface area contributed by atoms with Gasteiger partial charge < -0.3 is 20.7 Å². The molecule has 0 bridgehead atoms. The fraction of sp³-hybridized carbons (Fsp3) is 0.625. The highest BCUT2D eigenvalue weighted by molar-refractivity contribution is 5.78. The molecule has 1 spiro atoms. The number of aliphatic hydroxyl groups excluding tert-OH is 1. The van der Waals surface area contributed by atoms with Crippen LogP contribution in [0.3, 0.4) is 0 Å². The Balaban J connectivity index is 1.64. The molecule has 1 aromatic rings. The summed E-state index contributed by atoms with van der Waals surface area (Å²) >= 11 is 0. The Morgan fingerprint density at radius 2 is 2.23 bits per heavy atom. The highest BCUT2D eigenvalue weighted by Crippen LogP contribution is 2.43. The van der Waals surface area contributed by atoms with Crippen LogP contribution in [0.5, 0.6) is 0 Å². The first kappa shape index (κ1) is 22.9. The highest BCUT2D eigenvalue weighted by atomic mass is 16.5. The van der Waals surface area contributed by atoms with Gasteiger partial charge in [0.1, 0.15) is 6.10 Å². The molecule has 2 heterocycles. The Labute approximate surface area is 180 Å². The van der Waals surface area contributed by atoms with E-state index in [9.17, 15) is 10.2 Å². The minimum Gasteiger partial charge on any atom is -0.404 e. The molecule has 0 aromatic heterocycles. The monoisotopic (exact) mass is 415 g/mol. The molecule has 4 N–H and O–H groups in total. The van der Waals surface area contributed by atoms with E-state index >= 15 is 0 Å². The van der Waals surface area contributed by atoms with Crippen LogP contribution >= 0.6 is 0 Å². The number of nitrogens with zero attached hydrogens (tertiary/aromatic N) is 2. The molecule has 1 fully saturated rings. The molecule has 1 saturated heterocycles. The van der Waals surface area contributed by atoms with E-state index < -0.39 is 11.7 Å². The number of aliphatic hydroxyl groups is 2. The lowest BCUT2D eigenvalue weighted by atomic mass is 9.76. The molecule has 2 aliphatic heterocycles. The summed E-state index contributed by atoms with van der Waals surface area (Å²) in [5.41, 5.74) is 9.46. The molecular formula is C24H37N3O3. The number of likely N-dealkylation sites (tertiary alicyclic amines) is 1. The standard InChI is InChI=1S/C24H37N3O3/c1-17-5-6-20-7-10-30-24(21(20)11-17)8-9-27(18(2)12-24)16-19(13-25)14-26-15-22(28)23(3,4)29/h5-6,11,13-14,18,22,28-29H,7-10,12,15-16,25H2,1-4H3/b19-13+,26-14?/t18-,22?,24?/m0/s1. The van der Waals surface area contributed by atoms with Crippen molar-refractivity contribution in [3.05, 3.63) is 46.7 Å². The molecule has 1 aromatic carbocycles. The molecule has 0 saturated carbocycles. The summed E-state index contributed by atoms with van der Waals surface area (Å²) in [6.07, 6.45) is 5.28. The number of fused-ring (bicyclic) bond motifs is 2. The van der Waals surface area contributed by atoms with Crippen LogP contribution in [-0.4, -0.2) is 65.3 Å². The van der Waals surface area contributed by atoms with Crippen LogP contribution in [0.15, 0.2) is 35.0 Å². The summed E-state index contributed by atoms with van der Waals surface area (Å²) in [7, 11) is 0. The minimum absolute atomic E-state index is 0.142. The second-order valence-corrected chi connectivity index (χ2v) is 9.43. The van der Waals surface area contributed by atoms with Crippen molar-refractivity contribution in [2.45, 2.75) is 70.3 Å². The fourth-order valence-corrected chi connectivity index (χ4v) is 4.49. The van der Waals surface area contributed by atoms with Gasteiger partial charge in [0.2, 0.25) is 0 Å². The average molecular weight is 416 g/mol. The lowest BCUT2D eigenvalue weighted by Crippen LogP contribution is -2.51. The molecule has 6 nitrogen and oxygen atoms in total. The molecule has 166 valence electrons. The summed E-state index contributed by atoms with van der Waals surface area (Å²) in [5, 5.41) is 19.8. The summed E-state index contributed by atoms with van der Waals surface area (Å²) < 4.78 is 6.42. The molecule has 6 heteroatoms. The maximum atomic E-state index is 9.94. The predicted molar refractivity (Wildman–Crippen MR) is 121 cm³/mol. The summed E-state index contributed by atoms with van der Waals surface area (Å²) in [6.45, 7) is 10.1. The van der Waals surface area contributed by atoms with Crippen LogP contribution in [0.2, 0.25) is 0 Å². The second-order valence-electron chi connectivity index (χ2n) is 9.43. The van der Waals surface area contributed by atoms with Gasteiger partial charge in [-0.1, -0.05) is 23.8 Å². The topological polar surface area (TPSA) is 91.3 Å². The quantitative estimate of drug-likeness (QED) is 0.620. The van der Waals surface area contributed by atoms with E-state index in [0.29, 0.717) is 12.6 Å². The van der Waals surface area contributed by atoms with Gasteiger partial charge in [-0.2, -0.15) is 0 Å². The minimum atomic E-state index is -1.17. The largest absolute Gasteiger partial charge is 0.404 e. The van der Waals surface area contributed by atoms with E-state index in [0.717, 1.165) is 38.0 Å². The third kappa shape index (κ3) is 5.11. The predicted octanol–water partition coefficient (Wildman–Crippen LogP) is 2.29. The zero-order valence-corrected chi connectivity index (χ0v) is 18.8. The Morgan fingerprint density at radius 1 is 1.47 bits per heavy atom. The summed E-state index contributed by atoms with van der Waals surface area (Å²) in [6, 6.07) is 7.11. The third-order valence-corrected chi connectivity index (χ3v) is 6.51. The second kappa shape index (κ2) is 9.18. The van der Waals surface area contributed by atoms with E-state index in [1.165, 1.54) is 16.7 Å². The number of benzene rings is 1. The van der Waals surface area contributed by atoms with Crippen molar-refractivity contribution in [3.8, 4) is 0 Å². The Morgan fingerprint density at radius 3 is 2.90 bits per heavy atom. The number of hydrogen-bond donors (Lipinski definition) is 3. The molecule has 3 atom stereocenters. The molecule has 0 amide bonds. The van der Waals surface area contributed by atoms with E-state index in [-0.39, 0.29) is 12.1 Å². The molecule has 30 heavy (non-hydrogen) atoms. The van der Waals surface area contributed by atoms with Crippen molar-refractivity contribution in [1.82, 2.24) is 4.90 Å². The van der Waals surface area contributed by atoms with Gasteiger partial charge in [0.05, 0.1) is 24.4 Å². The van der Waals surface area contributed by atoms with Crippen LogP contribution in [0, 0.1) is 6.92 Å². The van der Waals surface area contributed by atoms with Gasteiger partial charge in [0.25, 0.3) is 0 Å². The Kier molecular flexibility index (Phi) is 7.02. The number of rotatable bonds is 6. The van der Waals surface area contributed by atoms with Gasteiger partial charge in [-0.3, -0.25) is 9.89 Å². The van der Waals surface area contributed by atoms with Crippen LogP contribution in [0.25, 0.3) is 0 Å². The number of ether oxygens (including phenoxy) is 1. The number of aliphatic imine (C=N–C) groups is 1. The van der Waals surface area contributed by atoms with Crippen LogP contribution in [0.1, 0.15) is 50.3 Å². The first-order valence-electron chi connectivity index (χ1n) is 10.9. The first-order chi connectivity index (χ1) is 14.1. The van der Waals surface area contributed by atoms with Gasteiger partial charge >= 0.3 is 0 Å². The zero-order chi connectivity index (χ0) is 21.9. The van der Waals surface area contributed by atoms with E-state index in [2.05, 4.69) is 41.9 Å². The number of nitrogens with two attached hydrogens (primary N) is 1. The number of hydrogen-bond acceptors (Lipinski definition) is 6. The van der Waals surface area contributed by atoms with E-state index in [1.807, 2.05) is 0 Å². The Bertz CT molecular complexity index is 799. The molecular weight excluding hydrogens is 378 g/mol. The maximum Gasteiger partial charge on any atom is 0.102 e. The molecule has 0 aliphatic carbocycles.